The molecular weight excluding hydrogens is 174 g/mol. The number of nitrogens with one attached hydrogen (secondary N) is 1. The molecule has 0 amide bonds. The van der Waals surface area contributed by atoms with Gasteiger partial charge in [0.15, 0.2) is 0 Å². The van der Waals surface area contributed by atoms with E-state index in [1.807, 2.05) is 12.3 Å². The zero-order valence-corrected chi connectivity index (χ0v) is 8.03. The Bertz CT molecular complexity index is 440. The van der Waals surface area contributed by atoms with E-state index < -0.39 is 0 Å². The van der Waals surface area contributed by atoms with Gasteiger partial charge in [-0.2, -0.15) is 0 Å². The van der Waals surface area contributed by atoms with Gasteiger partial charge in [0.1, 0.15) is 5.52 Å². The van der Waals surface area contributed by atoms with Crippen molar-refractivity contribution in [1.29, 1.82) is 0 Å². The van der Waals surface area contributed by atoms with Gasteiger partial charge in [-0.25, -0.2) is 0 Å². The van der Waals surface area contributed by atoms with E-state index in [1.54, 1.807) is 0 Å². The molecule has 1 aliphatic rings. The van der Waals surface area contributed by atoms with Crippen molar-refractivity contribution in [2.75, 3.05) is 18.0 Å². The Kier molecular flexibility index (Phi) is 1.69. The van der Waals surface area contributed by atoms with Crippen molar-refractivity contribution in [3.8, 4) is 0 Å². The first-order chi connectivity index (χ1) is 6.95. The summed E-state index contributed by atoms with van der Waals surface area (Å²) in [4.78, 5) is 10.1. The maximum atomic E-state index is 4.41. The summed E-state index contributed by atoms with van der Waals surface area (Å²) < 4.78 is 0. The number of aromatic nitrogens is 2. The highest BCUT2D eigenvalue weighted by atomic mass is 15.2. The molecule has 1 fully saturated rings. The summed E-state index contributed by atoms with van der Waals surface area (Å²) in [7, 11) is 0. The van der Waals surface area contributed by atoms with E-state index in [2.05, 4.69) is 27.1 Å². The van der Waals surface area contributed by atoms with Gasteiger partial charge >= 0.3 is 0 Å². The number of hydrogen-bond donors (Lipinski definition) is 1. The van der Waals surface area contributed by atoms with Crippen molar-refractivity contribution in [2.45, 2.75) is 12.8 Å². The molecule has 72 valence electrons. The Morgan fingerprint density at radius 3 is 3.00 bits per heavy atom. The van der Waals surface area contributed by atoms with E-state index in [4.69, 9.17) is 0 Å². The fourth-order valence-electron chi connectivity index (χ4n) is 2.14. The lowest BCUT2D eigenvalue weighted by Crippen LogP contribution is -2.17. The lowest BCUT2D eigenvalue weighted by Gasteiger charge is -2.15. The number of nitrogens with zero attached hydrogens (tertiary/aromatic N) is 2. The van der Waals surface area contributed by atoms with Crippen LogP contribution in [0.4, 0.5) is 5.69 Å². The molecule has 2 aromatic heterocycles. The second-order valence-corrected chi connectivity index (χ2v) is 3.77. The first kappa shape index (κ1) is 7.85. The number of rotatable bonds is 1. The minimum absolute atomic E-state index is 1.11. The van der Waals surface area contributed by atoms with Crippen molar-refractivity contribution in [1.82, 2.24) is 9.97 Å². The van der Waals surface area contributed by atoms with Gasteiger partial charge in [-0.05, 0) is 25.0 Å². The monoisotopic (exact) mass is 187 g/mol. The van der Waals surface area contributed by atoms with Gasteiger partial charge in [0.25, 0.3) is 0 Å². The molecule has 2 aromatic rings. The number of H-pyrrole nitrogens is 1. The maximum Gasteiger partial charge on any atom is 0.111 e. The van der Waals surface area contributed by atoms with Crippen molar-refractivity contribution in [3.63, 3.8) is 0 Å². The molecule has 3 heterocycles. The highest BCUT2D eigenvalue weighted by molar-refractivity contribution is 5.89. The van der Waals surface area contributed by atoms with E-state index in [1.165, 1.54) is 31.6 Å². The Balaban J connectivity index is 2.11. The zero-order chi connectivity index (χ0) is 9.38. The molecule has 3 rings (SSSR count). The maximum absolute atomic E-state index is 4.41. The van der Waals surface area contributed by atoms with Gasteiger partial charge in [-0.1, -0.05) is 0 Å². The van der Waals surface area contributed by atoms with Crippen molar-refractivity contribution in [2.24, 2.45) is 0 Å². The van der Waals surface area contributed by atoms with Gasteiger partial charge in [0.05, 0.1) is 11.2 Å². The first-order valence-corrected chi connectivity index (χ1v) is 5.12. The quantitative estimate of drug-likeness (QED) is 0.742. The molecule has 0 radical (unpaired) electrons. The number of aromatic amines is 1. The van der Waals surface area contributed by atoms with Gasteiger partial charge in [0.2, 0.25) is 0 Å². The number of anilines is 1. The normalized spacial score (nSPS) is 16.7. The van der Waals surface area contributed by atoms with E-state index >= 15 is 0 Å². The van der Waals surface area contributed by atoms with Crippen LogP contribution in [-0.2, 0) is 0 Å². The van der Waals surface area contributed by atoms with E-state index in [9.17, 15) is 0 Å². The summed E-state index contributed by atoms with van der Waals surface area (Å²) in [6.07, 6.45) is 6.54. The molecule has 0 aliphatic carbocycles. The SMILES string of the molecule is c1cnc2c(N3CCCC3)c[nH]c2c1. The number of fused-ring (bicyclic) bond motifs is 1. The molecular formula is C11H13N3. The van der Waals surface area contributed by atoms with Crippen LogP contribution in [-0.4, -0.2) is 23.1 Å². The summed E-state index contributed by atoms with van der Waals surface area (Å²) >= 11 is 0. The fraction of sp³-hybridized carbons (Fsp3) is 0.364. The minimum Gasteiger partial charge on any atom is -0.369 e. The topological polar surface area (TPSA) is 31.9 Å². The van der Waals surface area contributed by atoms with Gasteiger partial charge < -0.3 is 9.88 Å². The van der Waals surface area contributed by atoms with Crippen LogP contribution in [0.3, 0.4) is 0 Å². The first-order valence-electron chi connectivity index (χ1n) is 5.12. The summed E-state index contributed by atoms with van der Waals surface area (Å²) in [6.45, 7) is 2.34. The molecule has 0 saturated carbocycles. The lowest BCUT2D eigenvalue weighted by molar-refractivity contribution is 0.949. The van der Waals surface area contributed by atoms with E-state index in [-0.39, 0.29) is 0 Å². The molecule has 0 spiro atoms. The largest absolute Gasteiger partial charge is 0.369 e. The third-order valence-electron chi connectivity index (χ3n) is 2.86. The molecule has 3 heteroatoms. The summed E-state index contributed by atoms with van der Waals surface area (Å²) in [5.41, 5.74) is 3.50. The number of hydrogen-bond acceptors (Lipinski definition) is 2. The molecule has 0 bridgehead atoms. The zero-order valence-electron chi connectivity index (χ0n) is 8.03. The highest BCUT2D eigenvalue weighted by Crippen LogP contribution is 2.27. The second kappa shape index (κ2) is 3.01. The van der Waals surface area contributed by atoms with Crippen LogP contribution < -0.4 is 4.90 Å². The average molecular weight is 187 g/mol. The molecule has 0 aromatic carbocycles. The minimum atomic E-state index is 1.11. The smallest absolute Gasteiger partial charge is 0.111 e. The van der Waals surface area contributed by atoms with Gasteiger partial charge in [0, 0.05) is 25.5 Å². The van der Waals surface area contributed by atoms with Crippen molar-refractivity contribution < 1.29 is 0 Å². The number of pyridine rings is 1. The summed E-state index contributed by atoms with van der Waals surface area (Å²) in [6, 6.07) is 4.04. The molecule has 1 N–H and O–H groups in total. The molecule has 0 atom stereocenters. The molecule has 3 nitrogen and oxygen atoms in total. The Morgan fingerprint density at radius 1 is 1.29 bits per heavy atom. The Labute approximate surface area is 82.8 Å². The third-order valence-corrected chi connectivity index (χ3v) is 2.86. The Morgan fingerprint density at radius 2 is 2.14 bits per heavy atom. The van der Waals surface area contributed by atoms with Crippen LogP contribution in [0.15, 0.2) is 24.5 Å². The van der Waals surface area contributed by atoms with Gasteiger partial charge in [-0.3, -0.25) is 4.98 Å². The van der Waals surface area contributed by atoms with E-state index in [0.29, 0.717) is 0 Å². The standard InChI is InChI=1S/C11H13N3/c1-2-7-14(6-1)10-8-13-9-4-3-5-12-11(9)10/h3-5,8,13H,1-2,6-7H2. The molecule has 1 aliphatic heterocycles. The van der Waals surface area contributed by atoms with Crippen LogP contribution in [0.2, 0.25) is 0 Å². The second-order valence-electron chi connectivity index (χ2n) is 3.77. The summed E-state index contributed by atoms with van der Waals surface area (Å²) in [5.74, 6) is 0. The third kappa shape index (κ3) is 1.09. The summed E-state index contributed by atoms with van der Waals surface area (Å²) in [5, 5.41) is 0. The van der Waals surface area contributed by atoms with Crippen LogP contribution in [0.25, 0.3) is 11.0 Å². The van der Waals surface area contributed by atoms with Gasteiger partial charge in [-0.15, -0.1) is 0 Å². The fourth-order valence-corrected chi connectivity index (χ4v) is 2.14. The van der Waals surface area contributed by atoms with Crippen LogP contribution in [0, 0.1) is 0 Å². The predicted octanol–water partition coefficient (Wildman–Crippen LogP) is 2.16. The predicted molar refractivity (Wildman–Crippen MR) is 57.5 cm³/mol. The molecule has 0 unspecified atom stereocenters. The van der Waals surface area contributed by atoms with E-state index in [0.717, 1.165) is 11.0 Å². The van der Waals surface area contributed by atoms with Crippen LogP contribution in [0.5, 0.6) is 0 Å². The molecule has 14 heavy (non-hydrogen) atoms. The highest BCUT2D eigenvalue weighted by Gasteiger charge is 2.16. The Hall–Kier alpha value is -1.51. The molecule has 1 saturated heterocycles. The van der Waals surface area contributed by atoms with Crippen LogP contribution in [0.1, 0.15) is 12.8 Å². The van der Waals surface area contributed by atoms with Crippen molar-refractivity contribution >= 4 is 16.7 Å². The average Bonchev–Trinajstić information content (AvgIpc) is 2.85. The van der Waals surface area contributed by atoms with Crippen LogP contribution >= 0.6 is 0 Å². The van der Waals surface area contributed by atoms with Crippen molar-refractivity contribution in [3.05, 3.63) is 24.5 Å². The lowest BCUT2D eigenvalue weighted by atomic mass is 10.3.